The molecule has 3 aromatic carbocycles. The van der Waals surface area contributed by atoms with Gasteiger partial charge in [-0.25, -0.2) is 8.42 Å². The first-order valence-corrected chi connectivity index (χ1v) is 13.0. The first-order chi connectivity index (χ1) is 15.4. The van der Waals surface area contributed by atoms with Gasteiger partial charge in [0, 0.05) is 21.5 Å². The first kappa shape index (κ1) is 24.5. The Labute approximate surface area is 202 Å². The summed E-state index contributed by atoms with van der Waals surface area (Å²) in [5.74, 6) is 0.441. The van der Waals surface area contributed by atoms with Gasteiger partial charge in [-0.15, -0.1) is 11.8 Å². The predicted octanol–water partition coefficient (Wildman–Crippen LogP) is 5.49. The second kappa shape index (κ2) is 11.6. The van der Waals surface area contributed by atoms with E-state index in [9.17, 15) is 13.2 Å². The Hall–Kier alpha value is -2.19. The van der Waals surface area contributed by atoms with E-state index in [1.165, 1.54) is 24.3 Å². The Morgan fingerprint density at radius 2 is 1.47 bits per heavy atom. The molecule has 0 atom stereocenters. The molecule has 0 fully saturated rings. The Morgan fingerprint density at radius 1 is 0.875 bits per heavy atom. The Balaban J connectivity index is 1.60. The molecule has 0 bridgehead atoms. The molecule has 5 nitrogen and oxygen atoms in total. The van der Waals surface area contributed by atoms with E-state index in [0.29, 0.717) is 22.3 Å². The van der Waals surface area contributed by atoms with E-state index in [1.54, 1.807) is 42.1 Å². The van der Waals surface area contributed by atoms with Gasteiger partial charge in [-0.05, 0) is 72.8 Å². The second-order valence-electron chi connectivity index (χ2n) is 6.81. The van der Waals surface area contributed by atoms with Gasteiger partial charge in [0.2, 0.25) is 5.91 Å². The number of nitrogens with zero attached hydrogens (tertiary/aromatic N) is 1. The van der Waals surface area contributed by atoms with E-state index < -0.39 is 10.0 Å². The quantitative estimate of drug-likeness (QED) is 0.290. The number of hydrogen-bond donors (Lipinski definition) is 1. The van der Waals surface area contributed by atoms with Gasteiger partial charge in [0.25, 0.3) is 10.0 Å². The molecule has 3 rings (SSSR count). The largest absolute Gasteiger partial charge is 0.354 e. The first-order valence-electron chi connectivity index (χ1n) is 9.85. The van der Waals surface area contributed by atoms with Crippen LogP contribution in [0.5, 0.6) is 0 Å². The van der Waals surface area contributed by atoms with Gasteiger partial charge in [0.15, 0.2) is 0 Å². The van der Waals surface area contributed by atoms with Crippen LogP contribution in [0.4, 0.5) is 5.69 Å². The number of carbonyl (C=O) groups excluding carboxylic acids is 1. The van der Waals surface area contributed by atoms with Crippen LogP contribution in [0, 0.1) is 0 Å². The lowest BCUT2D eigenvalue weighted by Gasteiger charge is -2.24. The molecule has 32 heavy (non-hydrogen) atoms. The Bertz CT molecular complexity index is 1120. The summed E-state index contributed by atoms with van der Waals surface area (Å²) < 4.78 is 27.6. The van der Waals surface area contributed by atoms with E-state index in [1.807, 2.05) is 24.3 Å². The summed E-state index contributed by atoms with van der Waals surface area (Å²) in [5, 5.41) is 3.94. The summed E-state index contributed by atoms with van der Waals surface area (Å²) in [5.41, 5.74) is 0.413. The van der Waals surface area contributed by atoms with E-state index in [4.69, 9.17) is 23.2 Å². The van der Waals surface area contributed by atoms with Crippen LogP contribution in [-0.4, -0.2) is 33.2 Å². The minimum atomic E-state index is -3.94. The third-order valence-corrected chi connectivity index (χ3v) is 7.85. The molecule has 0 spiro atoms. The highest BCUT2D eigenvalue weighted by molar-refractivity contribution is 7.99. The Morgan fingerprint density at radius 3 is 2.09 bits per heavy atom. The average molecular weight is 509 g/mol. The minimum Gasteiger partial charge on any atom is -0.354 e. The van der Waals surface area contributed by atoms with Gasteiger partial charge in [-0.3, -0.25) is 9.10 Å². The molecule has 9 heteroatoms. The van der Waals surface area contributed by atoms with E-state index in [0.717, 1.165) is 21.4 Å². The third kappa shape index (κ3) is 6.90. The zero-order chi connectivity index (χ0) is 23.0. The van der Waals surface area contributed by atoms with Gasteiger partial charge >= 0.3 is 0 Å². The molecule has 0 heterocycles. The molecule has 0 unspecified atom stereocenters. The monoisotopic (exact) mass is 508 g/mol. The fourth-order valence-electron chi connectivity index (χ4n) is 2.85. The van der Waals surface area contributed by atoms with Crippen molar-refractivity contribution in [2.24, 2.45) is 0 Å². The van der Waals surface area contributed by atoms with Crippen molar-refractivity contribution < 1.29 is 13.2 Å². The van der Waals surface area contributed by atoms with Crippen molar-refractivity contribution in [3.63, 3.8) is 0 Å². The van der Waals surface area contributed by atoms with E-state index in [2.05, 4.69) is 5.32 Å². The molecule has 1 amide bonds. The summed E-state index contributed by atoms with van der Waals surface area (Å²) in [6.45, 7) is 0.127. The molecule has 0 saturated carbocycles. The number of sulfonamides is 1. The highest BCUT2D eigenvalue weighted by Gasteiger charge is 2.27. The number of hydrogen-bond acceptors (Lipinski definition) is 4. The summed E-state index contributed by atoms with van der Waals surface area (Å²) in [4.78, 5) is 13.7. The van der Waals surface area contributed by atoms with Crippen molar-refractivity contribution in [1.29, 1.82) is 0 Å². The van der Waals surface area contributed by atoms with Crippen molar-refractivity contribution >= 4 is 56.6 Å². The van der Waals surface area contributed by atoms with Gasteiger partial charge in [0.05, 0.1) is 10.6 Å². The number of benzene rings is 3. The van der Waals surface area contributed by atoms with E-state index >= 15 is 0 Å². The smallest absolute Gasteiger partial charge is 0.264 e. The molecule has 0 aliphatic heterocycles. The zero-order valence-corrected chi connectivity index (χ0v) is 20.2. The SMILES string of the molecule is O=C(CN(c1ccccc1)S(=O)(=O)c1ccc(Cl)cc1)NCCCSc1ccc(Cl)cc1. The van der Waals surface area contributed by atoms with Crippen molar-refractivity contribution in [2.75, 3.05) is 23.1 Å². The number of halogens is 2. The average Bonchev–Trinajstić information content (AvgIpc) is 2.79. The number of carbonyl (C=O) groups is 1. The van der Waals surface area contributed by atoms with Crippen molar-refractivity contribution in [1.82, 2.24) is 5.32 Å². The summed E-state index contributed by atoms with van der Waals surface area (Å²) in [6, 6.07) is 22.0. The fraction of sp³-hybridized carbons (Fsp3) is 0.174. The van der Waals surface area contributed by atoms with Gasteiger partial charge in [-0.2, -0.15) is 0 Å². The molecule has 168 valence electrons. The summed E-state index contributed by atoms with van der Waals surface area (Å²) in [6.07, 6.45) is 0.744. The number of thioether (sulfide) groups is 1. The maximum absolute atomic E-state index is 13.2. The van der Waals surface area contributed by atoms with Crippen LogP contribution in [0.2, 0.25) is 10.0 Å². The lowest BCUT2D eigenvalue weighted by Crippen LogP contribution is -2.41. The molecule has 0 aliphatic rings. The number of nitrogens with one attached hydrogen (secondary N) is 1. The highest BCUT2D eigenvalue weighted by Crippen LogP contribution is 2.24. The van der Waals surface area contributed by atoms with Crippen LogP contribution in [0.3, 0.4) is 0 Å². The van der Waals surface area contributed by atoms with E-state index in [-0.39, 0.29) is 17.3 Å². The third-order valence-electron chi connectivity index (χ3n) is 4.46. The number of amides is 1. The number of rotatable bonds is 10. The summed E-state index contributed by atoms with van der Waals surface area (Å²) in [7, 11) is -3.94. The van der Waals surface area contributed by atoms with Crippen LogP contribution in [0.1, 0.15) is 6.42 Å². The lowest BCUT2D eigenvalue weighted by molar-refractivity contribution is -0.119. The van der Waals surface area contributed by atoms with Crippen LogP contribution >= 0.6 is 35.0 Å². The van der Waals surface area contributed by atoms with Gasteiger partial charge in [0.1, 0.15) is 6.54 Å². The minimum absolute atomic E-state index is 0.0675. The standard InChI is InChI=1S/C23H22Cl2N2O3S2/c24-18-7-11-21(12-8-18)31-16-4-15-26-23(28)17-27(20-5-2-1-3-6-20)32(29,30)22-13-9-19(25)10-14-22/h1-3,5-14H,4,15-17H2,(H,26,28). The number of para-hydroxylation sites is 1. The fourth-order valence-corrected chi connectivity index (χ4v) is 5.38. The molecule has 1 N–H and O–H groups in total. The lowest BCUT2D eigenvalue weighted by atomic mass is 10.3. The highest BCUT2D eigenvalue weighted by atomic mass is 35.5. The normalized spacial score (nSPS) is 11.2. The number of anilines is 1. The molecule has 0 aliphatic carbocycles. The zero-order valence-electron chi connectivity index (χ0n) is 17.1. The Kier molecular flexibility index (Phi) is 8.87. The van der Waals surface area contributed by atoms with Crippen LogP contribution in [0.25, 0.3) is 0 Å². The maximum atomic E-state index is 13.2. The van der Waals surface area contributed by atoms with Crippen LogP contribution in [0.15, 0.2) is 88.7 Å². The van der Waals surface area contributed by atoms with Crippen LogP contribution < -0.4 is 9.62 Å². The van der Waals surface area contributed by atoms with Gasteiger partial charge in [-0.1, -0.05) is 41.4 Å². The molecular weight excluding hydrogens is 487 g/mol. The van der Waals surface area contributed by atoms with Crippen molar-refractivity contribution in [3.05, 3.63) is 88.9 Å². The molecule has 0 saturated heterocycles. The van der Waals surface area contributed by atoms with Crippen LogP contribution in [-0.2, 0) is 14.8 Å². The van der Waals surface area contributed by atoms with Gasteiger partial charge < -0.3 is 5.32 Å². The van der Waals surface area contributed by atoms with Crippen molar-refractivity contribution in [2.45, 2.75) is 16.2 Å². The summed E-state index contributed by atoms with van der Waals surface area (Å²) >= 11 is 13.4. The molecule has 3 aromatic rings. The molecule has 0 radical (unpaired) electrons. The van der Waals surface area contributed by atoms with Crippen molar-refractivity contribution in [3.8, 4) is 0 Å². The predicted molar refractivity (Wildman–Crippen MR) is 132 cm³/mol. The molecular formula is C23H22Cl2N2O3S2. The maximum Gasteiger partial charge on any atom is 0.264 e. The second-order valence-corrected chi connectivity index (χ2v) is 10.7. The topological polar surface area (TPSA) is 66.5 Å². The molecule has 0 aromatic heterocycles.